The lowest BCUT2D eigenvalue weighted by Gasteiger charge is -2.23. The van der Waals surface area contributed by atoms with Gasteiger partial charge in [-0.2, -0.15) is 5.10 Å². The summed E-state index contributed by atoms with van der Waals surface area (Å²) in [5, 5.41) is 6.18. The Morgan fingerprint density at radius 1 is 0.879 bits per heavy atom. The van der Waals surface area contributed by atoms with E-state index in [0.717, 1.165) is 5.56 Å². The van der Waals surface area contributed by atoms with E-state index >= 15 is 0 Å². The minimum Gasteiger partial charge on any atom is -0.493 e. The Morgan fingerprint density at radius 3 is 2.27 bits per heavy atom. The van der Waals surface area contributed by atoms with Crippen LogP contribution in [0, 0.1) is 0 Å². The van der Waals surface area contributed by atoms with Crippen LogP contribution in [0.3, 0.4) is 0 Å². The number of benzene rings is 3. The smallest absolute Gasteiger partial charge is 0.308 e. The molecule has 7 heteroatoms. The second-order valence-corrected chi connectivity index (χ2v) is 7.49. The molecule has 0 spiro atoms. The maximum atomic E-state index is 13.4. The van der Waals surface area contributed by atoms with Crippen LogP contribution in [0.5, 0.6) is 17.2 Å². The molecule has 0 fully saturated rings. The Kier molecular flexibility index (Phi) is 6.40. The van der Waals surface area contributed by atoms with Crippen LogP contribution in [0.25, 0.3) is 0 Å². The molecule has 4 rings (SSSR count). The van der Waals surface area contributed by atoms with Gasteiger partial charge in [-0.3, -0.25) is 9.59 Å². The molecule has 33 heavy (non-hydrogen) atoms. The Labute approximate surface area is 192 Å². The van der Waals surface area contributed by atoms with E-state index in [1.165, 1.54) is 11.9 Å². The van der Waals surface area contributed by atoms with Crippen molar-refractivity contribution in [2.24, 2.45) is 5.10 Å². The molecule has 0 N–H and O–H groups in total. The quantitative estimate of drug-likeness (QED) is 0.410. The van der Waals surface area contributed by atoms with Gasteiger partial charge >= 0.3 is 5.97 Å². The topological polar surface area (TPSA) is 77.4 Å². The van der Waals surface area contributed by atoms with E-state index < -0.39 is 5.97 Å². The minimum absolute atomic E-state index is 0.227. The van der Waals surface area contributed by atoms with Gasteiger partial charge in [0.05, 0.1) is 26.0 Å². The van der Waals surface area contributed by atoms with Gasteiger partial charge in [0.1, 0.15) is 5.75 Å². The number of ether oxygens (including phenoxy) is 3. The highest BCUT2D eigenvalue weighted by atomic mass is 16.5. The molecule has 0 aromatic heterocycles. The van der Waals surface area contributed by atoms with E-state index in [0.29, 0.717) is 40.5 Å². The van der Waals surface area contributed by atoms with Crippen molar-refractivity contribution in [1.82, 2.24) is 5.01 Å². The van der Waals surface area contributed by atoms with Gasteiger partial charge in [0.2, 0.25) is 0 Å². The predicted octanol–water partition coefficient (Wildman–Crippen LogP) is 4.62. The van der Waals surface area contributed by atoms with Crippen LogP contribution in [-0.4, -0.2) is 36.8 Å². The summed E-state index contributed by atoms with van der Waals surface area (Å²) in [7, 11) is 3.14. The summed E-state index contributed by atoms with van der Waals surface area (Å²) in [6.07, 6.45) is 0.437. The van der Waals surface area contributed by atoms with Crippen LogP contribution in [0.15, 0.2) is 77.9 Å². The van der Waals surface area contributed by atoms with Gasteiger partial charge in [-0.05, 0) is 42.0 Å². The molecule has 0 aliphatic carbocycles. The van der Waals surface area contributed by atoms with Crippen molar-refractivity contribution >= 4 is 17.6 Å². The Hall–Kier alpha value is -4.13. The van der Waals surface area contributed by atoms with E-state index in [-0.39, 0.29) is 11.9 Å². The summed E-state index contributed by atoms with van der Waals surface area (Å²) < 4.78 is 16.2. The highest BCUT2D eigenvalue weighted by Gasteiger charge is 2.35. The number of carbonyl (C=O) groups excluding carboxylic acids is 2. The number of amides is 1. The van der Waals surface area contributed by atoms with Gasteiger partial charge in [0.15, 0.2) is 11.5 Å². The largest absolute Gasteiger partial charge is 0.493 e. The maximum absolute atomic E-state index is 13.4. The number of para-hydroxylation sites is 1. The molecule has 1 aliphatic rings. The van der Waals surface area contributed by atoms with Crippen molar-refractivity contribution in [1.29, 1.82) is 0 Å². The monoisotopic (exact) mass is 444 g/mol. The molecule has 3 aromatic carbocycles. The summed E-state index contributed by atoms with van der Waals surface area (Å²) in [4.78, 5) is 25.0. The molecule has 0 radical (unpaired) electrons. The zero-order valence-electron chi connectivity index (χ0n) is 18.6. The summed E-state index contributed by atoms with van der Waals surface area (Å²) in [6.45, 7) is 1.35. The van der Waals surface area contributed by atoms with Gasteiger partial charge in [-0.25, -0.2) is 5.01 Å². The summed E-state index contributed by atoms with van der Waals surface area (Å²) in [5.74, 6) is 0.922. The molecule has 1 heterocycles. The number of carbonyl (C=O) groups is 2. The standard InChI is InChI=1S/C26H24N2O5/c1-17(29)33-23-12-8-7-11-20(23)21-16-22(19-13-14-24(31-2)25(15-19)32-3)28(27-21)26(30)18-9-5-4-6-10-18/h4-15,22H,16H2,1-3H3/t22-/m1/s1. The first-order valence-electron chi connectivity index (χ1n) is 10.5. The number of hydrazone groups is 1. The third kappa shape index (κ3) is 4.57. The fourth-order valence-corrected chi connectivity index (χ4v) is 3.84. The molecule has 168 valence electrons. The summed E-state index contributed by atoms with van der Waals surface area (Å²) >= 11 is 0. The highest BCUT2D eigenvalue weighted by molar-refractivity contribution is 6.07. The average molecular weight is 444 g/mol. The van der Waals surface area contributed by atoms with Crippen molar-refractivity contribution in [2.75, 3.05) is 14.2 Å². The zero-order chi connectivity index (χ0) is 23.4. The summed E-state index contributed by atoms with van der Waals surface area (Å²) in [5.41, 5.74) is 2.69. The highest BCUT2D eigenvalue weighted by Crippen LogP contribution is 2.39. The van der Waals surface area contributed by atoms with Gasteiger partial charge < -0.3 is 14.2 Å². The molecule has 0 saturated carbocycles. The van der Waals surface area contributed by atoms with Gasteiger partial charge in [0.25, 0.3) is 5.91 Å². The van der Waals surface area contributed by atoms with Crippen LogP contribution in [0.2, 0.25) is 0 Å². The molecular weight excluding hydrogens is 420 g/mol. The second kappa shape index (κ2) is 9.56. The van der Waals surface area contributed by atoms with Crippen molar-refractivity contribution in [2.45, 2.75) is 19.4 Å². The van der Waals surface area contributed by atoms with E-state index in [1.54, 1.807) is 38.5 Å². The predicted molar refractivity (Wildman–Crippen MR) is 124 cm³/mol. The number of esters is 1. The number of nitrogens with zero attached hydrogens (tertiary/aromatic N) is 2. The third-order valence-corrected chi connectivity index (χ3v) is 5.38. The lowest BCUT2D eigenvalue weighted by molar-refractivity contribution is -0.131. The first-order chi connectivity index (χ1) is 16.0. The Balaban J connectivity index is 1.78. The van der Waals surface area contributed by atoms with Crippen LogP contribution in [0.1, 0.15) is 40.9 Å². The Morgan fingerprint density at radius 2 is 1.58 bits per heavy atom. The normalized spacial score (nSPS) is 15.1. The van der Waals surface area contributed by atoms with E-state index in [4.69, 9.17) is 19.3 Å². The fraction of sp³-hybridized carbons (Fsp3) is 0.192. The van der Waals surface area contributed by atoms with Gasteiger partial charge in [0, 0.05) is 24.5 Å². The van der Waals surface area contributed by atoms with Gasteiger partial charge in [-0.1, -0.05) is 36.4 Å². The van der Waals surface area contributed by atoms with Crippen molar-refractivity contribution < 1.29 is 23.8 Å². The molecule has 3 aromatic rings. The first kappa shape index (κ1) is 22.1. The fourth-order valence-electron chi connectivity index (χ4n) is 3.84. The molecule has 1 atom stereocenters. The number of methoxy groups -OCH3 is 2. The number of hydrogen-bond acceptors (Lipinski definition) is 6. The number of rotatable bonds is 6. The maximum Gasteiger partial charge on any atom is 0.308 e. The SMILES string of the molecule is COc1ccc([C@H]2CC(c3ccccc3OC(C)=O)=NN2C(=O)c2ccccc2)cc1OC. The lowest BCUT2D eigenvalue weighted by Crippen LogP contribution is -2.27. The molecular formula is C26H24N2O5. The molecule has 0 unspecified atom stereocenters. The van der Waals surface area contributed by atoms with Crippen LogP contribution < -0.4 is 14.2 Å². The van der Waals surface area contributed by atoms with E-state index in [2.05, 4.69) is 0 Å². The molecule has 0 saturated heterocycles. The van der Waals surface area contributed by atoms with E-state index in [1.807, 2.05) is 48.5 Å². The van der Waals surface area contributed by atoms with Crippen LogP contribution in [0.4, 0.5) is 0 Å². The van der Waals surface area contributed by atoms with Crippen molar-refractivity contribution in [3.05, 3.63) is 89.5 Å². The van der Waals surface area contributed by atoms with Crippen LogP contribution in [-0.2, 0) is 4.79 Å². The first-order valence-corrected chi connectivity index (χ1v) is 10.5. The third-order valence-electron chi connectivity index (χ3n) is 5.38. The average Bonchev–Trinajstić information content (AvgIpc) is 3.29. The molecule has 1 aliphatic heterocycles. The lowest BCUT2D eigenvalue weighted by atomic mass is 9.97. The summed E-state index contributed by atoms with van der Waals surface area (Å²) in [6, 6.07) is 21.4. The van der Waals surface area contributed by atoms with Crippen LogP contribution >= 0.6 is 0 Å². The molecule has 0 bridgehead atoms. The zero-order valence-corrected chi connectivity index (χ0v) is 18.6. The number of hydrogen-bond donors (Lipinski definition) is 0. The Bertz CT molecular complexity index is 1210. The van der Waals surface area contributed by atoms with Crippen molar-refractivity contribution in [3.63, 3.8) is 0 Å². The second-order valence-electron chi connectivity index (χ2n) is 7.49. The van der Waals surface area contributed by atoms with Gasteiger partial charge in [-0.15, -0.1) is 0 Å². The molecule has 7 nitrogen and oxygen atoms in total. The van der Waals surface area contributed by atoms with Crippen molar-refractivity contribution in [3.8, 4) is 17.2 Å². The minimum atomic E-state index is -0.422. The van der Waals surface area contributed by atoms with E-state index in [9.17, 15) is 9.59 Å². The molecule has 1 amide bonds.